The maximum absolute atomic E-state index is 13.4. The summed E-state index contributed by atoms with van der Waals surface area (Å²) in [5.74, 6) is 0. The summed E-state index contributed by atoms with van der Waals surface area (Å²) in [6, 6.07) is 1.36. The van der Waals surface area contributed by atoms with Gasteiger partial charge in [0.25, 0.3) is 0 Å². The highest BCUT2D eigenvalue weighted by molar-refractivity contribution is 6.29. The Hall–Kier alpha value is -1.83. The molecule has 3 heterocycles. The van der Waals surface area contributed by atoms with Crippen LogP contribution >= 0.6 is 11.6 Å². The second-order valence-electron chi connectivity index (χ2n) is 4.79. The topological polar surface area (TPSA) is 50.5 Å². The van der Waals surface area contributed by atoms with Gasteiger partial charge in [0.05, 0.1) is 17.6 Å². The van der Waals surface area contributed by atoms with Crippen LogP contribution in [-0.4, -0.2) is 33.7 Å². The zero-order valence-corrected chi connectivity index (χ0v) is 10.9. The zero-order chi connectivity index (χ0) is 14.7. The van der Waals surface area contributed by atoms with Crippen LogP contribution in [0.4, 0.5) is 18.9 Å². The molecular weight excluding hydrogens is 297 g/mol. The maximum Gasteiger partial charge on any atom is 0.401 e. The normalized spacial score (nSPS) is 22.4. The Bertz CT molecular complexity index is 713. The van der Waals surface area contributed by atoms with Crippen molar-refractivity contribution in [3.63, 3.8) is 0 Å². The molecule has 1 atom stereocenters. The maximum atomic E-state index is 13.4. The zero-order valence-electron chi connectivity index (χ0n) is 10.1. The summed E-state index contributed by atoms with van der Waals surface area (Å²) in [4.78, 5) is 15.9. The lowest BCUT2D eigenvalue weighted by atomic mass is 9.88. The van der Waals surface area contributed by atoms with Crippen LogP contribution in [0.25, 0.3) is 5.65 Å². The summed E-state index contributed by atoms with van der Waals surface area (Å²) < 4.78 is 41.3. The molecule has 0 aliphatic carbocycles. The molecular formula is C11H8ClF3N4O. The molecule has 106 valence electrons. The van der Waals surface area contributed by atoms with Crippen molar-refractivity contribution in [3.8, 4) is 0 Å². The van der Waals surface area contributed by atoms with E-state index in [9.17, 15) is 18.0 Å². The summed E-state index contributed by atoms with van der Waals surface area (Å²) in [5.41, 5.74) is -2.06. The van der Waals surface area contributed by atoms with E-state index in [0.29, 0.717) is 6.41 Å². The smallest absolute Gasteiger partial charge is 0.311 e. The van der Waals surface area contributed by atoms with E-state index in [1.54, 1.807) is 0 Å². The standard InChI is InChI=1S/C11H8ClF3N4O/c1-10(11(13,14)15)4-18(5-20)6-3-16-8-2-7(12)17-19(8)9(6)10/h2-3,5H,4H2,1H3. The molecule has 5 nitrogen and oxygen atoms in total. The number of hydrogen-bond donors (Lipinski definition) is 0. The SMILES string of the molecule is CC1(C(F)(F)F)CN(C=O)c2cnc3cc(Cl)nn3c21. The highest BCUT2D eigenvalue weighted by atomic mass is 35.5. The molecule has 20 heavy (non-hydrogen) atoms. The predicted molar refractivity (Wildman–Crippen MR) is 64.8 cm³/mol. The van der Waals surface area contributed by atoms with Crippen molar-refractivity contribution < 1.29 is 18.0 Å². The number of nitrogens with zero attached hydrogens (tertiary/aromatic N) is 4. The van der Waals surface area contributed by atoms with Gasteiger partial charge in [0.15, 0.2) is 10.8 Å². The average molecular weight is 305 g/mol. The van der Waals surface area contributed by atoms with Crippen molar-refractivity contribution in [1.29, 1.82) is 0 Å². The Morgan fingerprint density at radius 1 is 1.50 bits per heavy atom. The number of aromatic nitrogens is 3. The fourth-order valence-electron chi connectivity index (χ4n) is 2.44. The predicted octanol–water partition coefficient (Wildman–Crippen LogP) is 2.18. The molecule has 9 heteroatoms. The van der Waals surface area contributed by atoms with E-state index in [1.165, 1.54) is 12.3 Å². The molecule has 0 saturated carbocycles. The molecule has 0 saturated heterocycles. The van der Waals surface area contributed by atoms with Crippen LogP contribution in [0.3, 0.4) is 0 Å². The largest absolute Gasteiger partial charge is 0.401 e. The first-order valence-electron chi connectivity index (χ1n) is 5.61. The van der Waals surface area contributed by atoms with Crippen molar-refractivity contribution >= 4 is 29.3 Å². The number of fused-ring (bicyclic) bond motifs is 3. The third-order valence-electron chi connectivity index (χ3n) is 3.51. The Balaban J connectivity index is 2.38. The van der Waals surface area contributed by atoms with E-state index in [0.717, 1.165) is 16.3 Å². The van der Waals surface area contributed by atoms with Gasteiger partial charge in [0, 0.05) is 12.6 Å². The first-order chi connectivity index (χ1) is 9.28. The number of hydrogen-bond acceptors (Lipinski definition) is 3. The summed E-state index contributed by atoms with van der Waals surface area (Å²) >= 11 is 5.73. The highest BCUT2D eigenvalue weighted by Gasteiger charge is 2.59. The van der Waals surface area contributed by atoms with Crippen LogP contribution < -0.4 is 4.90 Å². The average Bonchev–Trinajstić information content (AvgIpc) is 2.86. The number of carbonyl (C=O) groups excluding carboxylic acids is 1. The Kier molecular flexibility index (Phi) is 2.53. The monoisotopic (exact) mass is 304 g/mol. The van der Waals surface area contributed by atoms with Crippen LogP contribution in [0.2, 0.25) is 5.15 Å². The molecule has 0 N–H and O–H groups in total. The van der Waals surface area contributed by atoms with Gasteiger partial charge in [0.2, 0.25) is 6.41 Å². The van der Waals surface area contributed by atoms with E-state index < -0.39 is 18.1 Å². The number of halogens is 4. The molecule has 1 aliphatic heterocycles. The van der Waals surface area contributed by atoms with Gasteiger partial charge in [-0.25, -0.2) is 9.50 Å². The van der Waals surface area contributed by atoms with E-state index in [4.69, 9.17) is 11.6 Å². The number of anilines is 1. The minimum Gasteiger partial charge on any atom is -0.311 e. The van der Waals surface area contributed by atoms with Gasteiger partial charge in [0.1, 0.15) is 5.41 Å². The molecule has 0 spiro atoms. The quantitative estimate of drug-likeness (QED) is 0.759. The van der Waals surface area contributed by atoms with Crippen molar-refractivity contribution in [3.05, 3.63) is 23.1 Å². The second-order valence-corrected chi connectivity index (χ2v) is 5.18. The van der Waals surface area contributed by atoms with Gasteiger partial charge in [-0.05, 0) is 6.92 Å². The number of rotatable bonds is 1. The molecule has 3 rings (SSSR count). The third kappa shape index (κ3) is 1.54. The van der Waals surface area contributed by atoms with Crippen LogP contribution in [-0.2, 0) is 10.2 Å². The second kappa shape index (κ2) is 3.85. The molecule has 1 unspecified atom stereocenters. The van der Waals surface area contributed by atoms with Crippen molar-refractivity contribution in [2.75, 3.05) is 11.4 Å². The fourth-order valence-corrected chi connectivity index (χ4v) is 2.62. The van der Waals surface area contributed by atoms with Crippen LogP contribution in [0.1, 0.15) is 12.6 Å². The van der Waals surface area contributed by atoms with Crippen molar-refractivity contribution in [2.45, 2.75) is 18.5 Å². The number of carbonyl (C=O) groups is 1. The minimum absolute atomic E-state index is 0.0416. The summed E-state index contributed by atoms with van der Waals surface area (Å²) in [6.45, 7) is 0.526. The van der Waals surface area contributed by atoms with Crippen LogP contribution in [0, 0.1) is 0 Å². The van der Waals surface area contributed by atoms with Crippen LogP contribution in [0.15, 0.2) is 12.3 Å². The molecule has 2 aromatic heterocycles. The number of alkyl halides is 3. The molecule has 2 aromatic rings. The van der Waals surface area contributed by atoms with Gasteiger partial charge in [-0.2, -0.15) is 18.3 Å². The van der Waals surface area contributed by atoms with Crippen molar-refractivity contribution in [2.24, 2.45) is 0 Å². The fraction of sp³-hybridized carbons (Fsp3) is 0.364. The lowest BCUT2D eigenvalue weighted by molar-refractivity contribution is -0.181. The van der Waals surface area contributed by atoms with E-state index >= 15 is 0 Å². The minimum atomic E-state index is -4.54. The molecule has 1 amide bonds. The number of amides is 1. The third-order valence-corrected chi connectivity index (χ3v) is 3.69. The van der Waals surface area contributed by atoms with E-state index in [-0.39, 0.29) is 22.2 Å². The van der Waals surface area contributed by atoms with Gasteiger partial charge in [-0.15, -0.1) is 0 Å². The van der Waals surface area contributed by atoms with Crippen LogP contribution in [0.5, 0.6) is 0 Å². The lowest BCUT2D eigenvalue weighted by Crippen LogP contribution is -2.44. The Morgan fingerprint density at radius 3 is 2.80 bits per heavy atom. The molecule has 0 fully saturated rings. The summed E-state index contributed by atoms with van der Waals surface area (Å²) in [5, 5.41) is 3.88. The van der Waals surface area contributed by atoms with E-state index in [2.05, 4.69) is 10.1 Å². The Morgan fingerprint density at radius 2 is 2.20 bits per heavy atom. The lowest BCUT2D eigenvalue weighted by Gasteiger charge is -2.27. The first kappa shape index (κ1) is 13.2. The van der Waals surface area contributed by atoms with Crippen molar-refractivity contribution in [1.82, 2.24) is 14.6 Å². The molecule has 1 aliphatic rings. The first-order valence-corrected chi connectivity index (χ1v) is 5.99. The van der Waals surface area contributed by atoms with Gasteiger partial charge in [-0.1, -0.05) is 11.6 Å². The van der Waals surface area contributed by atoms with E-state index in [1.807, 2.05) is 0 Å². The van der Waals surface area contributed by atoms with Gasteiger partial charge >= 0.3 is 6.18 Å². The molecule has 0 radical (unpaired) electrons. The van der Waals surface area contributed by atoms with Gasteiger partial charge < -0.3 is 4.90 Å². The molecule has 0 bridgehead atoms. The highest BCUT2D eigenvalue weighted by Crippen LogP contribution is 2.49. The van der Waals surface area contributed by atoms with Gasteiger partial charge in [-0.3, -0.25) is 4.79 Å². The molecule has 0 aromatic carbocycles. The summed E-state index contributed by atoms with van der Waals surface area (Å²) in [7, 11) is 0. The Labute approximate surface area is 115 Å². The summed E-state index contributed by atoms with van der Waals surface area (Å²) in [6.07, 6.45) is -2.95.